The van der Waals surface area contributed by atoms with E-state index in [-0.39, 0.29) is 23.6 Å². The molecular weight excluding hydrogens is 484 g/mol. The van der Waals surface area contributed by atoms with E-state index in [0.29, 0.717) is 37.8 Å². The number of nitrogens with one attached hydrogen (secondary N) is 1. The number of piperidine rings is 1. The number of carbonyl (C=O) groups is 3. The summed E-state index contributed by atoms with van der Waals surface area (Å²) < 4.78 is 0. The SMILES string of the molecule is CC(C)c1cccc(C(C)C)c1CC(N)=O.CN1CCC(C(=O)NCCc2ccc(SN)cc2)CC1=O. The maximum atomic E-state index is 12.0. The summed E-state index contributed by atoms with van der Waals surface area (Å²) in [6.07, 6.45) is 2.20. The van der Waals surface area contributed by atoms with Gasteiger partial charge in [0.15, 0.2) is 0 Å². The molecule has 0 bridgehead atoms. The van der Waals surface area contributed by atoms with Gasteiger partial charge in [-0.05, 0) is 71.0 Å². The summed E-state index contributed by atoms with van der Waals surface area (Å²) >= 11 is 1.22. The zero-order valence-corrected chi connectivity index (χ0v) is 23.6. The standard InChI is InChI=1S/C15H21N3O2S.C14H21NO/c1-18-9-7-12(10-14(18)19)15(20)17-8-6-11-2-4-13(21-16)5-3-11;1-9(2)11-6-5-7-12(10(3)4)13(11)8-14(15)16/h2-5,12H,6-10,16H2,1H3,(H,17,20);5-7,9-10H,8H2,1-4H3,(H2,15,16). The van der Waals surface area contributed by atoms with E-state index in [1.54, 1.807) is 11.9 Å². The number of hydrogen-bond donors (Lipinski definition) is 3. The monoisotopic (exact) mass is 526 g/mol. The van der Waals surface area contributed by atoms with Gasteiger partial charge in [0, 0.05) is 37.4 Å². The zero-order chi connectivity index (χ0) is 27.5. The van der Waals surface area contributed by atoms with Crippen molar-refractivity contribution in [3.05, 3.63) is 64.7 Å². The zero-order valence-electron chi connectivity index (χ0n) is 22.8. The van der Waals surface area contributed by atoms with Crippen molar-refractivity contribution in [3.63, 3.8) is 0 Å². The Labute approximate surface area is 225 Å². The summed E-state index contributed by atoms with van der Waals surface area (Å²) in [5.74, 6) is 0.461. The number of amides is 3. The van der Waals surface area contributed by atoms with Crippen molar-refractivity contribution >= 4 is 29.7 Å². The first-order valence-corrected chi connectivity index (χ1v) is 13.8. The van der Waals surface area contributed by atoms with E-state index < -0.39 is 0 Å². The van der Waals surface area contributed by atoms with Gasteiger partial charge in [0.2, 0.25) is 17.7 Å². The Morgan fingerprint density at radius 2 is 1.65 bits per heavy atom. The van der Waals surface area contributed by atoms with E-state index in [9.17, 15) is 14.4 Å². The van der Waals surface area contributed by atoms with Gasteiger partial charge in [-0.3, -0.25) is 19.5 Å². The first-order chi connectivity index (χ1) is 17.5. The molecular formula is C29H42N4O3S. The predicted molar refractivity (Wildman–Crippen MR) is 151 cm³/mol. The van der Waals surface area contributed by atoms with Crippen molar-refractivity contribution < 1.29 is 14.4 Å². The second-order valence-corrected chi connectivity index (χ2v) is 10.9. The van der Waals surface area contributed by atoms with Crippen LogP contribution in [0.4, 0.5) is 0 Å². The summed E-state index contributed by atoms with van der Waals surface area (Å²) in [5.41, 5.74) is 10.1. The van der Waals surface area contributed by atoms with Gasteiger partial charge in [-0.25, -0.2) is 0 Å². The Kier molecular flexibility index (Phi) is 12.1. The van der Waals surface area contributed by atoms with Crippen LogP contribution in [0.3, 0.4) is 0 Å². The lowest BCUT2D eigenvalue weighted by atomic mass is 9.87. The maximum absolute atomic E-state index is 12.0. The molecule has 1 unspecified atom stereocenters. The number of benzene rings is 2. The largest absolute Gasteiger partial charge is 0.369 e. The number of nitrogens with two attached hydrogens (primary N) is 2. The lowest BCUT2D eigenvalue weighted by Crippen LogP contribution is -2.42. The third kappa shape index (κ3) is 9.52. The summed E-state index contributed by atoms with van der Waals surface area (Å²) in [6, 6.07) is 14.2. The van der Waals surface area contributed by atoms with Crippen molar-refractivity contribution in [3.8, 4) is 0 Å². The van der Waals surface area contributed by atoms with Crippen LogP contribution < -0.4 is 16.2 Å². The van der Waals surface area contributed by atoms with E-state index in [1.165, 1.54) is 23.1 Å². The van der Waals surface area contributed by atoms with E-state index in [0.717, 1.165) is 28.9 Å². The molecule has 5 N–H and O–H groups in total. The number of likely N-dealkylation sites (tertiary alicyclic amines) is 1. The van der Waals surface area contributed by atoms with Crippen LogP contribution in [0.2, 0.25) is 0 Å². The first kappa shape index (κ1) is 30.4. The molecule has 2 aromatic rings. The molecule has 3 rings (SSSR count). The lowest BCUT2D eigenvalue weighted by molar-refractivity contribution is -0.139. The highest BCUT2D eigenvalue weighted by atomic mass is 32.2. The molecule has 0 aliphatic carbocycles. The molecule has 0 saturated carbocycles. The molecule has 1 aliphatic heterocycles. The van der Waals surface area contributed by atoms with E-state index >= 15 is 0 Å². The molecule has 1 atom stereocenters. The predicted octanol–water partition coefficient (Wildman–Crippen LogP) is 4.14. The number of hydrogen-bond acceptors (Lipinski definition) is 5. The molecule has 7 nitrogen and oxygen atoms in total. The van der Waals surface area contributed by atoms with Crippen molar-refractivity contribution in [2.24, 2.45) is 16.8 Å². The average Bonchev–Trinajstić information content (AvgIpc) is 2.86. The fraction of sp³-hybridized carbons (Fsp3) is 0.483. The van der Waals surface area contributed by atoms with E-state index in [4.69, 9.17) is 10.9 Å². The molecule has 3 amide bonds. The highest BCUT2D eigenvalue weighted by Crippen LogP contribution is 2.28. The number of rotatable bonds is 9. The number of carbonyl (C=O) groups excluding carboxylic acids is 3. The second-order valence-electron chi connectivity index (χ2n) is 10.2. The van der Waals surface area contributed by atoms with Crippen LogP contribution in [0.1, 0.15) is 74.6 Å². The van der Waals surface area contributed by atoms with Crippen molar-refractivity contribution in [1.82, 2.24) is 10.2 Å². The van der Waals surface area contributed by atoms with Crippen LogP contribution in [0, 0.1) is 5.92 Å². The summed E-state index contributed by atoms with van der Waals surface area (Å²) in [7, 11) is 1.78. The minimum Gasteiger partial charge on any atom is -0.369 e. The summed E-state index contributed by atoms with van der Waals surface area (Å²) in [4.78, 5) is 37.5. The van der Waals surface area contributed by atoms with Gasteiger partial charge >= 0.3 is 0 Å². The van der Waals surface area contributed by atoms with Crippen LogP contribution in [-0.2, 0) is 27.2 Å². The van der Waals surface area contributed by atoms with Crippen LogP contribution >= 0.6 is 11.9 Å². The van der Waals surface area contributed by atoms with Crippen molar-refractivity contribution in [2.45, 2.75) is 70.1 Å². The number of primary amides is 1. The van der Waals surface area contributed by atoms with Gasteiger partial charge in [-0.1, -0.05) is 58.0 Å². The van der Waals surface area contributed by atoms with Gasteiger partial charge in [0.05, 0.1) is 6.42 Å². The van der Waals surface area contributed by atoms with E-state index in [2.05, 4.69) is 51.2 Å². The van der Waals surface area contributed by atoms with Gasteiger partial charge in [0.25, 0.3) is 0 Å². The van der Waals surface area contributed by atoms with Gasteiger partial charge in [-0.15, -0.1) is 0 Å². The highest BCUT2D eigenvalue weighted by molar-refractivity contribution is 7.97. The smallest absolute Gasteiger partial charge is 0.223 e. The maximum Gasteiger partial charge on any atom is 0.223 e. The van der Waals surface area contributed by atoms with Crippen LogP contribution in [0.15, 0.2) is 47.4 Å². The van der Waals surface area contributed by atoms with Gasteiger partial charge < -0.3 is 16.0 Å². The molecule has 202 valence electrons. The molecule has 8 heteroatoms. The molecule has 1 saturated heterocycles. The van der Waals surface area contributed by atoms with Crippen LogP contribution in [0.25, 0.3) is 0 Å². The molecule has 37 heavy (non-hydrogen) atoms. The summed E-state index contributed by atoms with van der Waals surface area (Å²) in [5, 5.41) is 8.40. The summed E-state index contributed by atoms with van der Waals surface area (Å²) in [6.45, 7) is 9.82. The Hall–Kier alpha value is -2.84. The normalized spacial score (nSPS) is 15.4. The third-order valence-corrected chi connectivity index (χ3v) is 7.19. The molecule has 0 radical (unpaired) electrons. The fourth-order valence-corrected chi connectivity index (χ4v) is 4.75. The third-order valence-electron chi connectivity index (χ3n) is 6.65. The Morgan fingerprint density at radius 1 is 1.05 bits per heavy atom. The fourth-order valence-electron chi connectivity index (χ4n) is 4.46. The molecule has 1 aliphatic rings. The van der Waals surface area contributed by atoms with Gasteiger partial charge in [0.1, 0.15) is 0 Å². The second kappa shape index (κ2) is 14.8. The first-order valence-electron chi connectivity index (χ1n) is 12.9. The Bertz CT molecular complexity index is 1030. The topological polar surface area (TPSA) is 119 Å². The highest BCUT2D eigenvalue weighted by Gasteiger charge is 2.28. The molecule has 2 aromatic carbocycles. The van der Waals surface area contributed by atoms with Gasteiger partial charge in [-0.2, -0.15) is 0 Å². The molecule has 1 fully saturated rings. The average molecular weight is 527 g/mol. The van der Waals surface area contributed by atoms with E-state index in [1.807, 2.05) is 24.3 Å². The lowest BCUT2D eigenvalue weighted by Gasteiger charge is -2.27. The van der Waals surface area contributed by atoms with Crippen LogP contribution in [0.5, 0.6) is 0 Å². The Balaban J connectivity index is 0.000000271. The minimum atomic E-state index is -0.255. The molecule has 1 heterocycles. The molecule has 0 spiro atoms. The molecule has 0 aromatic heterocycles. The minimum absolute atomic E-state index is 0.00872. The quantitative estimate of drug-likeness (QED) is 0.424. The van der Waals surface area contributed by atoms with Crippen LogP contribution in [-0.4, -0.2) is 42.8 Å². The van der Waals surface area contributed by atoms with Crippen molar-refractivity contribution in [2.75, 3.05) is 20.1 Å². The van der Waals surface area contributed by atoms with Crippen molar-refractivity contribution in [1.29, 1.82) is 0 Å². The Morgan fingerprint density at radius 3 is 2.14 bits per heavy atom. The number of nitrogens with zero attached hydrogens (tertiary/aromatic N) is 1.